The van der Waals surface area contributed by atoms with Gasteiger partial charge in [0.15, 0.2) is 0 Å². The summed E-state index contributed by atoms with van der Waals surface area (Å²) in [5.41, 5.74) is 2.88. The highest BCUT2D eigenvalue weighted by atomic mass is 16.3. The summed E-state index contributed by atoms with van der Waals surface area (Å²) in [6.07, 6.45) is 3.31. The third kappa shape index (κ3) is 2.21. The molecule has 0 aliphatic heterocycles. The van der Waals surface area contributed by atoms with E-state index in [-0.39, 0.29) is 12.6 Å². The van der Waals surface area contributed by atoms with Gasteiger partial charge in [-0.3, -0.25) is 0 Å². The molecule has 2 N–H and O–H groups in total. The molecular weight excluding hydrogens is 186 g/mol. The first-order valence-electron chi connectivity index (χ1n) is 5.80. The third-order valence-corrected chi connectivity index (χ3v) is 3.28. The second-order valence-corrected chi connectivity index (χ2v) is 4.24. The molecule has 1 aromatic carbocycles. The van der Waals surface area contributed by atoms with Crippen molar-refractivity contribution in [2.24, 2.45) is 0 Å². The van der Waals surface area contributed by atoms with E-state index in [1.807, 2.05) is 0 Å². The highest BCUT2D eigenvalue weighted by Crippen LogP contribution is 2.31. The molecule has 1 aliphatic carbocycles. The van der Waals surface area contributed by atoms with Crippen LogP contribution in [0.15, 0.2) is 24.3 Å². The van der Waals surface area contributed by atoms with Crippen LogP contribution >= 0.6 is 0 Å². The molecule has 1 aliphatic rings. The minimum Gasteiger partial charge on any atom is -0.395 e. The lowest BCUT2D eigenvalue weighted by atomic mass is 10.1. The zero-order chi connectivity index (χ0) is 10.7. The van der Waals surface area contributed by atoms with Gasteiger partial charge in [0, 0.05) is 12.1 Å². The molecule has 0 radical (unpaired) electrons. The van der Waals surface area contributed by atoms with E-state index < -0.39 is 0 Å². The molecule has 2 nitrogen and oxygen atoms in total. The van der Waals surface area contributed by atoms with Gasteiger partial charge in [0.25, 0.3) is 0 Å². The molecular formula is C13H19NO. The number of aliphatic hydroxyl groups is 1. The van der Waals surface area contributed by atoms with Crippen molar-refractivity contribution in [3.05, 3.63) is 35.4 Å². The molecule has 1 aromatic rings. The lowest BCUT2D eigenvalue weighted by molar-refractivity contribution is 0.227. The van der Waals surface area contributed by atoms with Gasteiger partial charge in [-0.2, -0.15) is 0 Å². The fraction of sp³-hybridized carbons (Fsp3) is 0.538. The van der Waals surface area contributed by atoms with Gasteiger partial charge < -0.3 is 10.4 Å². The lowest BCUT2D eigenvalue weighted by Gasteiger charge is -2.20. The Kier molecular flexibility index (Phi) is 3.39. The van der Waals surface area contributed by atoms with Crippen LogP contribution in [0, 0.1) is 0 Å². The van der Waals surface area contributed by atoms with E-state index in [1.54, 1.807) is 0 Å². The fourth-order valence-electron chi connectivity index (χ4n) is 2.31. The first-order valence-corrected chi connectivity index (χ1v) is 5.80. The number of hydrogen-bond donors (Lipinski definition) is 2. The standard InChI is InChI=1S/C13H19NO/c1-2-11(9-15)14-13-8-7-10-5-3-4-6-12(10)13/h3-6,11,13-15H,2,7-9H2,1H3/t11-,13-/m0/s1. The van der Waals surface area contributed by atoms with Crippen molar-refractivity contribution in [3.8, 4) is 0 Å². The second kappa shape index (κ2) is 4.77. The Hall–Kier alpha value is -0.860. The number of aliphatic hydroxyl groups excluding tert-OH is 1. The Bertz CT molecular complexity index is 320. The molecule has 0 saturated heterocycles. The van der Waals surface area contributed by atoms with Crippen LogP contribution in [0.5, 0.6) is 0 Å². The molecule has 0 heterocycles. The van der Waals surface area contributed by atoms with Crippen LogP contribution in [0.1, 0.15) is 36.9 Å². The van der Waals surface area contributed by atoms with Crippen LogP contribution in [-0.4, -0.2) is 17.8 Å². The van der Waals surface area contributed by atoms with Crippen molar-refractivity contribution in [1.29, 1.82) is 0 Å². The molecule has 2 atom stereocenters. The molecule has 0 bridgehead atoms. The van der Waals surface area contributed by atoms with Gasteiger partial charge in [-0.05, 0) is 30.4 Å². The molecule has 0 aromatic heterocycles. The lowest BCUT2D eigenvalue weighted by Crippen LogP contribution is -2.34. The summed E-state index contributed by atoms with van der Waals surface area (Å²) in [7, 11) is 0. The summed E-state index contributed by atoms with van der Waals surface area (Å²) in [6.45, 7) is 2.34. The summed E-state index contributed by atoms with van der Waals surface area (Å²) >= 11 is 0. The maximum absolute atomic E-state index is 9.17. The van der Waals surface area contributed by atoms with Crippen LogP contribution < -0.4 is 5.32 Å². The number of fused-ring (bicyclic) bond motifs is 1. The molecule has 82 valence electrons. The van der Waals surface area contributed by atoms with Crippen LogP contribution in [0.2, 0.25) is 0 Å². The van der Waals surface area contributed by atoms with E-state index in [0.29, 0.717) is 6.04 Å². The first kappa shape index (κ1) is 10.7. The van der Waals surface area contributed by atoms with E-state index in [0.717, 1.165) is 19.3 Å². The van der Waals surface area contributed by atoms with Gasteiger partial charge in [-0.15, -0.1) is 0 Å². The van der Waals surface area contributed by atoms with Gasteiger partial charge in [-0.1, -0.05) is 31.2 Å². The highest BCUT2D eigenvalue weighted by Gasteiger charge is 2.23. The van der Waals surface area contributed by atoms with E-state index >= 15 is 0 Å². The van der Waals surface area contributed by atoms with E-state index in [9.17, 15) is 5.11 Å². The average molecular weight is 205 g/mol. The van der Waals surface area contributed by atoms with Crippen molar-refractivity contribution >= 4 is 0 Å². The Labute approximate surface area is 91.3 Å². The summed E-state index contributed by atoms with van der Waals surface area (Å²) in [4.78, 5) is 0. The monoisotopic (exact) mass is 205 g/mol. The number of rotatable bonds is 4. The van der Waals surface area contributed by atoms with Crippen molar-refractivity contribution < 1.29 is 5.11 Å². The minimum absolute atomic E-state index is 0.231. The molecule has 0 fully saturated rings. The van der Waals surface area contributed by atoms with Gasteiger partial charge in [0.1, 0.15) is 0 Å². The molecule has 0 saturated carbocycles. The topological polar surface area (TPSA) is 32.3 Å². The van der Waals surface area contributed by atoms with E-state index in [1.165, 1.54) is 11.1 Å². The summed E-state index contributed by atoms with van der Waals surface area (Å²) in [5, 5.41) is 12.7. The summed E-state index contributed by atoms with van der Waals surface area (Å²) in [6, 6.07) is 9.28. The first-order chi connectivity index (χ1) is 7.35. The largest absolute Gasteiger partial charge is 0.395 e. The minimum atomic E-state index is 0.231. The average Bonchev–Trinajstić information content (AvgIpc) is 2.69. The van der Waals surface area contributed by atoms with Crippen LogP contribution in [0.3, 0.4) is 0 Å². The zero-order valence-electron chi connectivity index (χ0n) is 9.24. The summed E-state index contributed by atoms with van der Waals surface area (Å²) in [5.74, 6) is 0. The SMILES string of the molecule is CC[C@@H](CO)N[C@H]1CCc2ccccc21. The van der Waals surface area contributed by atoms with Crippen LogP contribution in [-0.2, 0) is 6.42 Å². The third-order valence-electron chi connectivity index (χ3n) is 3.28. The smallest absolute Gasteiger partial charge is 0.0584 e. The Morgan fingerprint density at radius 1 is 1.47 bits per heavy atom. The number of nitrogens with one attached hydrogen (secondary N) is 1. The maximum atomic E-state index is 9.17. The maximum Gasteiger partial charge on any atom is 0.0584 e. The molecule has 2 rings (SSSR count). The Morgan fingerprint density at radius 3 is 3.00 bits per heavy atom. The quantitative estimate of drug-likeness (QED) is 0.788. The highest BCUT2D eigenvalue weighted by molar-refractivity contribution is 5.34. The Morgan fingerprint density at radius 2 is 2.27 bits per heavy atom. The van der Waals surface area contributed by atoms with Crippen molar-refractivity contribution in [2.45, 2.75) is 38.3 Å². The molecule has 15 heavy (non-hydrogen) atoms. The van der Waals surface area contributed by atoms with E-state index in [4.69, 9.17) is 0 Å². The number of hydrogen-bond acceptors (Lipinski definition) is 2. The predicted molar refractivity (Wildman–Crippen MR) is 61.8 cm³/mol. The predicted octanol–water partition coefficient (Wildman–Crippen LogP) is 2.03. The molecule has 0 amide bonds. The summed E-state index contributed by atoms with van der Waals surface area (Å²) < 4.78 is 0. The second-order valence-electron chi connectivity index (χ2n) is 4.24. The molecule has 2 heteroatoms. The van der Waals surface area contributed by atoms with Crippen LogP contribution in [0.25, 0.3) is 0 Å². The van der Waals surface area contributed by atoms with Gasteiger partial charge in [-0.25, -0.2) is 0 Å². The van der Waals surface area contributed by atoms with Gasteiger partial charge in [0.05, 0.1) is 6.61 Å². The van der Waals surface area contributed by atoms with Crippen molar-refractivity contribution in [3.63, 3.8) is 0 Å². The molecule has 0 unspecified atom stereocenters. The van der Waals surface area contributed by atoms with Crippen molar-refractivity contribution in [1.82, 2.24) is 5.32 Å². The molecule has 0 spiro atoms. The van der Waals surface area contributed by atoms with E-state index in [2.05, 4.69) is 36.5 Å². The number of aryl methyl sites for hydroxylation is 1. The van der Waals surface area contributed by atoms with Crippen LogP contribution in [0.4, 0.5) is 0 Å². The van der Waals surface area contributed by atoms with Crippen molar-refractivity contribution in [2.75, 3.05) is 6.61 Å². The van der Waals surface area contributed by atoms with Gasteiger partial charge >= 0.3 is 0 Å². The zero-order valence-corrected chi connectivity index (χ0v) is 9.24. The number of benzene rings is 1. The normalized spacial score (nSPS) is 21.3. The fourth-order valence-corrected chi connectivity index (χ4v) is 2.31. The van der Waals surface area contributed by atoms with Gasteiger partial charge in [0.2, 0.25) is 0 Å². The Balaban J connectivity index is 2.07.